The molecule has 0 radical (unpaired) electrons. The van der Waals surface area contributed by atoms with Crippen molar-refractivity contribution in [3.8, 4) is 0 Å². The summed E-state index contributed by atoms with van der Waals surface area (Å²) in [6, 6.07) is 0.868. The van der Waals surface area contributed by atoms with Crippen molar-refractivity contribution in [2.24, 2.45) is 5.92 Å². The summed E-state index contributed by atoms with van der Waals surface area (Å²) in [5.74, 6) is 0.418. The van der Waals surface area contributed by atoms with Crippen molar-refractivity contribution in [2.75, 3.05) is 13.1 Å². The van der Waals surface area contributed by atoms with Crippen molar-refractivity contribution < 1.29 is 4.79 Å². The second-order valence-electron chi connectivity index (χ2n) is 7.53. The van der Waals surface area contributed by atoms with E-state index in [9.17, 15) is 4.79 Å². The number of carbonyl (C=O) groups is 1. The van der Waals surface area contributed by atoms with Gasteiger partial charge >= 0.3 is 0 Å². The van der Waals surface area contributed by atoms with Gasteiger partial charge in [0.2, 0.25) is 5.91 Å². The van der Waals surface area contributed by atoms with Crippen molar-refractivity contribution in [1.29, 1.82) is 0 Å². The van der Waals surface area contributed by atoms with E-state index in [4.69, 9.17) is 0 Å². The molecule has 2 heterocycles. The molecule has 1 aromatic heterocycles. The van der Waals surface area contributed by atoms with Crippen LogP contribution in [0.5, 0.6) is 0 Å². The monoisotopic (exact) mass is 316 g/mol. The maximum Gasteiger partial charge on any atom is 0.224 e. The molecule has 0 spiro atoms. The third-order valence-corrected chi connectivity index (χ3v) is 6.04. The lowest BCUT2D eigenvalue weighted by atomic mass is 9.93. The fraction of sp³-hybridized carbons (Fsp3) is 0.778. The zero-order valence-corrected chi connectivity index (χ0v) is 13.9. The lowest BCUT2D eigenvalue weighted by molar-refractivity contribution is -0.125. The number of fused-ring (bicyclic) bond motifs is 1. The fourth-order valence-electron chi connectivity index (χ4n) is 4.68. The van der Waals surface area contributed by atoms with Crippen LogP contribution in [0.1, 0.15) is 68.7 Å². The summed E-state index contributed by atoms with van der Waals surface area (Å²) in [6.07, 6.45) is 12.9. The van der Waals surface area contributed by atoms with Gasteiger partial charge in [-0.1, -0.05) is 19.3 Å². The van der Waals surface area contributed by atoms with Crippen molar-refractivity contribution >= 4 is 5.91 Å². The molecular formula is C18H28N4O. The van der Waals surface area contributed by atoms with E-state index in [0.29, 0.717) is 0 Å². The minimum Gasteiger partial charge on any atom is -0.347 e. The van der Waals surface area contributed by atoms with Crippen LogP contribution in [-0.2, 0) is 11.2 Å². The average Bonchev–Trinajstić information content (AvgIpc) is 3.25. The summed E-state index contributed by atoms with van der Waals surface area (Å²) < 4.78 is 0. The lowest BCUT2D eigenvalue weighted by Gasteiger charge is -2.31. The van der Waals surface area contributed by atoms with Crippen LogP contribution in [-0.4, -0.2) is 40.1 Å². The van der Waals surface area contributed by atoms with Gasteiger partial charge < -0.3 is 5.32 Å². The largest absolute Gasteiger partial charge is 0.347 e. The number of carbonyl (C=O) groups excluding carboxylic acids is 1. The van der Waals surface area contributed by atoms with Gasteiger partial charge in [-0.2, -0.15) is 5.10 Å². The second-order valence-corrected chi connectivity index (χ2v) is 7.53. The number of amides is 1. The van der Waals surface area contributed by atoms with Crippen molar-refractivity contribution in [3.05, 3.63) is 17.5 Å². The number of rotatable bonds is 3. The lowest BCUT2D eigenvalue weighted by Crippen LogP contribution is -2.39. The molecule has 1 saturated carbocycles. The molecule has 1 aromatic rings. The summed E-state index contributed by atoms with van der Waals surface area (Å²) in [7, 11) is 0. The highest BCUT2D eigenvalue weighted by Crippen LogP contribution is 2.30. The Labute approximate surface area is 138 Å². The van der Waals surface area contributed by atoms with E-state index in [1.165, 1.54) is 37.7 Å². The predicted molar refractivity (Wildman–Crippen MR) is 89.0 cm³/mol. The quantitative estimate of drug-likeness (QED) is 0.901. The Balaban J connectivity index is 1.34. The zero-order chi connectivity index (χ0) is 15.6. The minimum atomic E-state index is 0.137. The van der Waals surface area contributed by atoms with Gasteiger partial charge in [-0.05, 0) is 50.6 Å². The highest BCUT2D eigenvalue weighted by molar-refractivity contribution is 5.79. The fourth-order valence-corrected chi connectivity index (χ4v) is 4.68. The van der Waals surface area contributed by atoms with Crippen LogP contribution in [0.25, 0.3) is 0 Å². The molecule has 0 bridgehead atoms. The number of hydrogen-bond donors (Lipinski definition) is 2. The maximum absolute atomic E-state index is 12.7. The Morgan fingerprint density at radius 1 is 1.17 bits per heavy atom. The van der Waals surface area contributed by atoms with E-state index < -0.39 is 0 Å². The van der Waals surface area contributed by atoms with Gasteiger partial charge in [-0.25, -0.2) is 0 Å². The minimum absolute atomic E-state index is 0.137. The molecule has 5 heteroatoms. The zero-order valence-electron chi connectivity index (χ0n) is 13.9. The topological polar surface area (TPSA) is 61.0 Å². The van der Waals surface area contributed by atoms with E-state index in [2.05, 4.69) is 20.4 Å². The van der Waals surface area contributed by atoms with Gasteiger partial charge in [0.25, 0.3) is 0 Å². The molecule has 2 atom stereocenters. The number of nitrogens with zero attached hydrogens (tertiary/aromatic N) is 2. The van der Waals surface area contributed by atoms with Gasteiger partial charge in [0.1, 0.15) is 0 Å². The second kappa shape index (κ2) is 6.63. The van der Waals surface area contributed by atoms with Gasteiger partial charge in [0.15, 0.2) is 0 Å². The van der Waals surface area contributed by atoms with Crippen LogP contribution < -0.4 is 5.32 Å². The number of aryl methyl sites for hydroxylation is 1. The van der Waals surface area contributed by atoms with Gasteiger partial charge in [-0.3, -0.25) is 14.8 Å². The molecule has 0 aromatic carbocycles. The number of likely N-dealkylation sites (tertiary alicyclic amines) is 1. The standard InChI is InChI=1S/C18H28N4O/c23-18(20-16-8-4-5-13-11-19-21-17(13)16)14-9-10-22(12-14)15-6-2-1-3-7-15/h11,14-16H,1-10,12H2,(H,19,21)(H,20,23). The third kappa shape index (κ3) is 3.16. The molecular weight excluding hydrogens is 288 g/mol. The molecule has 23 heavy (non-hydrogen) atoms. The number of hydrogen-bond acceptors (Lipinski definition) is 3. The first-order valence-corrected chi connectivity index (χ1v) is 9.38. The summed E-state index contributed by atoms with van der Waals surface area (Å²) in [5.41, 5.74) is 2.41. The van der Waals surface area contributed by atoms with Crippen LogP contribution in [0.3, 0.4) is 0 Å². The Hall–Kier alpha value is -1.36. The van der Waals surface area contributed by atoms with Crippen molar-refractivity contribution in [3.63, 3.8) is 0 Å². The maximum atomic E-state index is 12.7. The van der Waals surface area contributed by atoms with E-state index >= 15 is 0 Å². The van der Waals surface area contributed by atoms with Crippen LogP contribution in [0.4, 0.5) is 0 Å². The average molecular weight is 316 g/mol. The highest BCUT2D eigenvalue weighted by Gasteiger charge is 2.34. The summed E-state index contributed by atoms with van der Waals surface area (Å²) in [4.78, 5) is 15.3. The Kier molecular flexibility index (Phi) is 4.38. The first-order chi connectivity index (χ1) is 11.3. The Bertz CT molecular complexity index is 549. The molecule has 2 unspecified atom stereocenters. The first kappa shape index (κ1) is 15.2. The summed E-state index contributed by atoms with van der Waals surface area (Å²) in [5, 5.41) is 10.5. The van der Waals surface area contributed by atoms with Crippen LogP contribution >= 0.6 is 0 Å². The SMILES string of the molecule is O=C(NC1CCCc2cn[nH]c21)C1CCN(C2CCCCC2)C1. The summed E-state index contributed by atoms with van der Waals surface area (Å²) in [6.45, 7) is 2.06. The number of aromatic nitrogens is 2. The number of H-pyrrole nitrogens is 1. The third-order valence-electron chi connectivity index (χ3n) is 6.04. The number of aromatic amines is 1. The molecule has 1 aliphatic heterocycles. The molecule has 3 aliphatic rings. The molecule has 4 rings (SSSR count). The Morgan fingerprint density at radius 3 is 2.91 bits per heavy atom. The van der Waals surface area contributed by atoms with Crippen LogP contribution in [0.15, 0.2) is 6.20 Å². The molecule has 1 amide bonds. The van der Waals surface area contributed by atoms with E-state index in [-0.39, 0.29) is 17.9 Å². The van der Waals surface area contributed by atoms with Gasteiger partial charge in [0.05, 0.1) is 23.9 Å². The molecule has 1 saturated heterocycles. The van der Waals surface area contributed by atoms with Crippen molar-refractivity contribution in [1.82, 2.24) is 20.4 Å². The number of nitrogens with one attached hydrogen (secondary N) is 2. The molecule has 2 aliphatic carbocycles. The predicted octanol–water partition coefficient (Wildman–Crippen LogP) is 2.56. The van der Waals surface area contributed by atoms with E-state index in [0.717, 1.165) is 50.5 Å². The van der Waals surface area contributed by atoms with Gasteiger partial charge in [0, 0.05) is 12.6 Å². The molecule has 126 valence electrons. The van der Waals surface area contributed by atoms with Gasteiger partial charge in [-0.15, -0.1) is 0 Å². The van der Waals surface area contributed by atoms with E-state index in [1.54, 1.807) is 0 Å². The normalized spacial score (nSPS) is 29.4. The Morgan fingerprint density at radius 2 is 2.04 bits per heavy atom. The van der Waals surface area contributed by atoms with Crippen LogP contribution in [0, 0.1) is 5.92 Å². The molecule has 5 nitrogen and oxygen atoms in total. The highest BCUT2D eigenvalue weighted by atomic mass is 16.2. The molecule has 2 fully saturated rings. The van der Waals surface area contributed by atoms with E-state index in [1.807, 2.05) is 6.20 Å². The summed E-state index contributed by atoms with van der Waals surface area (Å²) >= 11 is 0. The first-order valence-electron chi connectivity index (χ1n) is 9.38. The molecule has 2 N–H and O–H groups in total. The smallest absolute Gasteiger partial charge is 0.224 e. The van der Waals surface area contributed by atoms with Crippen LogP contribution in [0.2, 0.25) is 0 Å². The van der Waals surface area contributed by atoms with Crippen molar-refractivity contribution in [2.45, 2.75) is 69.9 Å².